The van der Waals surface area contributed by atoms with E-state index < -0.39 is 16.5 Å². The van der Waals surface area contributed by atoms with Gasteiger partial charge in [0.25, 0.3) is 0 Å². The van der Waals surface area contributed by atoms with Crippen molar-refractivity contribution >= 4 is 11.7 Å². The SMILES string of the molecule is Cc1ccc([N+](=O)[O-])c(OCCC(=O)OC(C)(C)C)c1. The predicted molar refractivity (Wildman–Crippen MR) is 73.8 cm³/mol. The molecule has 0 aliphatic rings. The number of esters is 1. The van der Waals surface area contributed by atoms with Gasteiger partial charge < -0.3 is 9.47 Å². The minimum absolute atomic E-state index is 0.0409. The fourth-order valence-corrected chi connectivity index (χ4v) is 1.52. The number of hydrogen-bond donors (Lipinski definition) is 0. The maximum atomic E-state index is 11.5. The molecule has 6 nitrogen and oxygen atoms in total. The van der Waals surface area contributed by atoms with Gasteiger partial charge in [0.1, 0.15) is 5.60 Å². The van der Waals surface area contributed by atoms with Gasteiger partial charge in [-0.15, -0.1) is 0 Å². The van der Waals surface area contributed by atoms with Gasteiger partial charge in [-0.2, -0.15) is 0 Å². The molecule has 0 saturated carbocycles. The van der Waals surface area contributed by atoms with Gasteiger partial charge in [0, 0.05) is 6.07 Å². The molecule has 0 bridgehead atoms. The quantitative estimate of drug-likeness (QED) is 0.471. The summed E-state index contributed by atoms with van der Waals surface area (Å²) in [5.41, 5.74) is 0.189. The molecule has 0 heterocycles. The van der Waals surface area contributed by atoms with Crippen LogP contribution in [0, 0.1) is 17.0 Å². The van der Waals surface area contributed by atoms with Gasteiger partial charge in [-0.3, -0.25) is 14.9 Å². The van der Waals surface area contributed by atoms with Crippen molar-refractivity contribution in [2.24, 2.45) is 0 Å². The molecule has 0 N–H and O–H groups in total. The van der Waals surface area contributed by atoms with Gasteiger partial charge in [0.15, 0.2) is 5.75 Å². The Morgan fingerprint density at radius 1 is 1.35 bits per heavy atom. The van der Waals surface area contributed by atoms with Crippen molar-refractivity contribution in [3.63, 3.8) is 0 Å². The van der Waals surface area contributed by atoms with Crippen molar-refractivity contribution in [3.8, 4) is 5.75 Å². The van der Waals surface area contributed by atoms with Gasteiger partial charge in [-0.25, -0.2) is 0 Å². The molecule has 0 saturated heterocycles. The highest BCUT2D eigenvalue weighted by molar-refractivity contribution is 5.70. The first-order chi connectivity index (χ1) is 9.19. The summed E-state index contributed by atoms with van der Waals surface area (Å²) in [4.78, 5) is 21.8. The number of nitro groups is 1. The normalized spacial score (nSPS) is 11.0. The second kappa shape index (κ2) is 6.36. The first-order valence-corrected chi connectivity index (χ1v) is 6.29. The molecule has 0 aromatic heterocycles. The Labute approximate surface area is 117 Å². The summed E-state index contributed by atoms with van der Waals surface area (Å²) in [7, 11) is 0. The zero-order valence-corrected chi connectivity index (χ0v) is 12.1. The second-order valence-corrected chi connectivity index (χ2v) is 5.41. The van der Waals surface area contributed by atoms with Gasteiger partial charge in [-0.1, -0.05) is 6.07 Å². The van der Waals surface area contributed by atoms with E-state index in [1.807, 2.05) is 6.92 Å². The third kappa shape index (κ3) is 5.26. The predicted octanol–water partition coefficient (Wildman–Crippen LogP) is 3.01. The summed E-state index contributed by atoms with van der Waals surface area (Å²) in [6, 6.07) is 4.60. The van der Waals surface area contributed by atoms with Crippen LogP contribution in [0.5, 0.6) is 5.75 Å². The maximum Gasteiger partial charge on any atom is 0.310 e. The minimum Gasteiger partial charge on any atom is -0.486 e. The highest BCUT2D eigenvalue weighted by atomic mass is 16.6. The molecule has 6 heteroatoms. The number of aryl methyl sites for hydroxylation is 1. The van der Waals surface area contributed by atoms with Crippen LogP contribution in [-0.2, 0) is 9.53 Å². The van der Waals surface area contributed by atoms with E-state index in [1.54, 1.807) is 32.9 Å². The number of carbonyl (C=O) groups excluding carboxylic acids is 1. The summed E-state index contributed by atoms with van der Waals surface area (Å²) in [5, 5.41) is 10.9. The minimum atomic E-state index is -0.549. The van der Waals surface area contributed by atoms with Crippen LogP contribution in [0.2, 0.25) is 0 Å². The Kier molecular flexibility index (Phi) is 5.07. The van der Waals surface area contributed by atoms with Crippen LogP contribution in [0.4, 0.5) is 5.69 Å². The first kappa shape index (κ1) is 15.9. The van der Waals surface area contributed by atoms with E-state index in [0.717, 1.165) is 5.56 Å². The number of carbonyl (C=O) groups is 1. The van der Waals surface area contributed by atoms with Crippen molar-refractivity contribution in [1.29, 1.82) is 0 Å². The molecule has 0 aliphatic heterocycles. The molecular weight excluding hydrogens is 262 g/mol. The highest BCUT2D eigenvalue weighted by Crippen LogP contribution is 2.27. The van der Waals surface area contributed by atoms with E-state index in [-0.39, 0.29) is 24.5 Å². The lowest BCUT2D eigenvalue weighted by atomic mass is 10.2. The van der Waals surface area contributed by atoms with E-state index in [9.17, 15) is 14.9 Å². The van der Waals surface area contributed by atoms with Crippen molar-refractivity contribution < 1.29 is 19.2 Å². The molecule has 0 radical (unpaired) electrons. The fraction of sp³-hybridized carbons (Fsp3) is 0.500. The fourth-order valence-electron chi connectivity index (χ4n) is 1.52. The van der Waals surface area contributed by atoms with Crippen LogP contribution in [0.25, 0.3) is 0 Å². The number of rotatable bonds is 5. The molecular formula is C14H19NO5. The smallest absolute Gasteiger partial charge is 0.310 e. The summed E-state index contributed by atoms with van der Waals surface area (Å²) < 4.78 is 10.4. The van der Waals surface area contributed by atoms with E-state index in [2.05, 4.69) is 0 Å². The molecule has 0 aliphatic carbocycles. The molecule has 1 aromatic rings. The molecule has 0 atom stereocenters. The van der Waals surface area contributed by atoms with Crippen molar-refractivity contribution in [3.05, 3.63) is 33.9 Å². The zero-order chi connectivity index (χ0) is 15.3. The summed E-state index contributed by atoms with van der Waals surface area (Å²) in [6.07, 6.45) is 0.0440. The standard InChI is InChI=1S/C14H19NO5/c1-10-5-6-11(15(17)18)12(9-10)19-8-7-13(16)20-14(2,3)4/h5-6,9H,7-8H2,1-4H3. The molecule has 1 aromatic carbocycles. The highest BCUT2D eigenvalue weighted by Gasteiger charge is 2.18. The molecule has 0 unspecified atom stereocenters. The summed E-state index contributed by atoms with van der Waals surface area (Å²) in [5.74, 6) is -0.230. The Bertz CT molecular complexity index is 505. The Morgan fingerprint density at radius 2 is 2.00 bits per heavy atom. The van der Waals surface area contributed by atoms with E-state index in [1.165, 1.54) is 6.07 Å². The Balaban J connectivity index is 2.60. The third-order valence-electron chi connectivity index (χ3n) is 2.30. The first-order valence-electron chi connectivity index (χ1n) is 6.29. The number of benzene rings is 1. The molecule has 1 rings (SSSR count). The molecule has 0 amide bonds. The maximum absolute atomic E-state index is 11.5. The average molecular weight is 281 g/mol. The Hall–Kier alpha value is -2.11. The van der Waals surface area contributed by atoms with E-state index >= 15 is 0 Å². The lowest BCUT2D eigenvalue weighted by Crippen LogP contribution is -2.24. The zero-order valence-electron chi connectivity index (χ0n) is 12.1. The number of nitrogens with zero attached hydrogens (tertiary/aromatic N) is 1. The van der Waals surface area contributed by atoms with E-state index in [0.29, 0.717) is 0 Å². The van der Waals surface area contributed by atoms with Gasteiger partial charge >= 0.3 is 11.7 Å². The largest absolute Gasteiger partial charge is 0.486 e. The van der Waals surface area contributed by atoms with Crippen LogP contribution in [0.3, 0.4) is 0 Å². The van der Waals surface area contributed by atoms with Gasteiger partial charge in [0.2, 0.25) is 0 Å². The van der Waals surface area contributed by atoms with Gasteiger partial charge in [-0.05, 0) is 39.3 Å². The average Bonchev–Trinajstić information content (AvgIpc) is 2.26. The van der Waals surface area contributed by atoms with Crippen molar-refractivity contribution in [2.45, 2.75) is 39.7 Å². The topological polar surface area (TPSA) is 78.7 Å². The van der Waals surface area contributed by atoms with Crippen LogP contribution < -0.4 is 4.74 Å². The van der Waals surface area contributed by atoms with E-state index in [4.69, 9.17) is 9.47 Å². The van der Waals surface area contributed by atoms with Crippen LogP contribution in [0.15, 0.2) is 18.2 Å². The van der Waals surface area contributed by atoms with Crippen LogP contribution in [0.1, 0.15) is 32.8 Å². The molecule has 0 fully saturated rings. The lowest BCUT2D eigenvalue weighted by molar-refractivity contribution is -0.385. The number of nitro benzene ring substituents is 1. The number of hydrogen-bond acceptors (Lipinski definition) is 5. The third-order valence-corrected chi connectivity index (χ3v) is 2.30. The van der Waals surface area contributed by atoms with Crippen molar-refractivity contribution in [2.75, 3.05) is 6.61 Å². The Morgan fingerprint density at radius 3 is 2.55 bits per heavy atom. The van der Waals surface area contributed by atoms with Crippen LogP contribution in [-0.4, -0.2) is 23.1 Å². The lowest BCUT2D eigenvalue weighted by Gasteiger charge is -2.19. The van der Waals surface area contributed by atoms with Gasteiger partial charge in [0.05, 0.1) is 18.0 Å². The van der Waals surface area contributed by atoms with Crippen LogP contribution >= 0.6 is 0 Å². The monoisotopic (exact) mass is 281 g/mol. The molecule has 110 valence electrons. The molecule has 20 heavy (non-hydrogen) atoms. The summed E-state index contributed by atoms with van der Waals surface area (Å²) in [6.45, 7) is 7.18. The summed E-state index contributed by atoms with van der Waals surface area (Å²) >= 11 is 0. The molecule has 0 spiro atoms. The van der Waals surface area contributed by atoms with Crippen molar-refractivity contribution in [1.82, 2.24) is 0 Å². The number of ether oxygens (including phenoxy) is 2. The second-order valence-electron chi connectivity index (χ2n) is 5.41.